The van der Waals surface area contributed by atoms with Gasteiger partial charge in [0.25, 0.3) is 0 Å². The molecule has 142 valence electrons. The highest BCUT2D eigenvalue weighted by Gasteiger charge is 2.19. The fourth-order valence-corrected chi connectivity index (χ4v) is 3.54. The number of aliphatic hydroxyl groups is 1. The number of fused-ring (bicyclic) bond motifs is 1. The molecular formula is C21H23ClN2O3. The molecule has 0 aliphatic rings. The number of rotatable bonds is 7. The fraction of sp³-hybridized carbons (Fsp3) is 0.333. The van der Waals surface area contributed by atoms with E-state index in [9.17, 15) is 9.90 Å². The topological polar surface area (TPSA) is 63.8 Å². The molecule has 1 aromatic carbocycles. The van der Waals surface area contributed by atoms with Crippen LogP contribution >= 0.6 is 11.6 Å². The quantitative estimate of drug-likeness (QED) is 0.618. The van der Waals surface area contributed by atoms with E-state index in [1.807, 2.05) is 40.9 Å². The Balaban J connectivity index is 2.21. The molecule has 0 atom stereocenters. The summed E-state index contributed by atoms with van der Waals surface area (Å²) in [7, 11) is 0. The van der Waals surface area contributed by atoms with E-state index in [2.05, 4.69) is 12.0 Å². The summed E-state index contributed by atoms with van der Waals surface area (Å²) < 4.78 is 6.93. The highest BCUT2D eigenvalue weighted by Crippen LogP contribution is 2.33. The molecule has 27 heavy (non-hydrogen) atoms. The minimum Gasteiger partial charge on any atom is -0.466 e. The fourth-order valence-electron chi connectivity index (χ4n) is 3.35. The molecule has 3 aromatic rings. The zero-order valence-electron chi connectivity index (χ0n) is 15.5. The molecule has 1 N–H and O–H groups in total. The van der Waals surface area contributed by atoms with Crippen LogP contribution in [0.5, 0.6) is 0 Å². The van der Waals surface area contributed by atoms with Gasteiger partial charge in [0.1, 0.15) is 0 Å². The predicted octanol–water partition coefficient (Wildman–Crippen LogP) is 4.21. The Morgan fingerprint density at radius 2 is 2.07 bits per heavy atom. The van der Waals surface area contributed by atoms with Crippen molar-refractivity contribution in [3.8, 4) is 11.1 Å². The molecule has 0 bridgehead atoms. The van der Waals surface area contributed by atoms with Crippen LogP contribution in [0, 0.1) is 0 Å². The molecular weight excluding hydrogens is 364 g/mol. The Morgan fingerprint density at radius 3 is 2.74 bits per heavy atom. The van der Waals surface area contributed by atoms with Crippen LogP contribution in [0.15, 0.2) is 36.4 Å². The highest BCUT2D eigenvalue weighted by molar-refractivity contribution is 6.30. The van der Waals surface area contributed by atoms with Crippen molar-refractivity contribution in [3.63, 3.8) is 0 Å². The second-order valence-electron chi connectivity index (χ2n) is 6.25. The predicted molar refractivity (Wildman–Crippen MR) is 106 cm³/mol. The van der Waals surface area contributed by atoms with Crippen molar-refractivity contribution in [2.45, 2.75) is 39.7 Å². The third kappa shape index (κ3) is 3.99. The lowest BCUT2D eigenvalue weighted by molar-refractivity contribution is -0.143. The maximum absolute atomic E-state index is 11.9. The maximum atomic E-state index is 11.9. The van der Waals surface area contributed by atoms with Crippen molar-refractivity contribution in [2.75, 3.05) is 6.61 Å². The lowest BCUT2D eigenvalue weighted by Gasteiger charge is -2.16. The van der Waals surface area contributed by atoms with Crippen LogP contribution in [0.25, 0.3) is 16.6 Å². The van der Waals surface area contributed by atoms with Gasteiger partial charge in [-0.3, -0.25) is 4.79 Å². The van der Waals surface area contributed by atoms with Gasteiger partial charge in [0.2, 0.25) is 0 Å². The minimum atomic E-state index is -0.261. The second-order valence-corrected chi connectivity index (χ2v) is 6.69. The van der Waals surface area contributed by atoms with Gasteiger partial charge in [0, 0.05) is 22.7 Å². The summed E-state index contributed by atoms with van der Waals surface area (Å²) in [6.45, 7) is 4.00. The molecule has 3 rings (SSSR count). The molecule has 2 aromatic heterocycles. The van der Waals surface area contributed by atoms with Gasteiger partial charge in [-0.05, 0) is 55.2 Å². The number of benzene rings is 1. The molecule has 2 heterocycles. The molecule has 0 saturated heterocycles. The van der Waals surface area contributed by atoms with Crippen molar-refractivity contribution in [2.24, 2.45) is 0 Å². The summed E-state index contributed by atoms with van der Waals surface area (Å²) in [5, 5.41) is 15.2. The summed E-state index contributed by atoms with van der Waals surface area (Å²) in [6, 6.07) is 11.7. The summed E-state index contributed by atoms with van der Waals surface area (Å²) in [6.07, 6.45) is 1.49. The van der Waals surface area contributed by atoms with E-state index >= 15 is 0 Å². The van der Waals surface area contributed by atoms with E-state index in [4.69, 9.17) is 16.3 Å². The second kappa shape index (κ2) is 8.55. The van der Waals surface area contributed by atoms with Crippen LogP contribution in [0.1, 0.15) is 37.2 Å². The average Bonchev–Trinajstić information content (AvgIpc) is 3.07. The van der Waals surface area contributed by atoms with Crippen LogP contribution in [-0.2, 0) is 29.0 Å². The number of halogens is 1. The zero-order chi connectivity index (χ0) is 19.4. The number of ether oxygens (including phenoxy) is 1. The minimum absolute atomic E-state index is 0.205. The van der Waals surface area contributed by atoms with E-state index in [1.54, 1.807) is 6.92 Å². The first kappa shape index (κ1) is 19.4. The first-order valence-electron chi connectivity index (χ1n) is 9.13. The van der Waals surface area contributed by atoms with Crippen molar-refractivity contribution < 1.29 is 14.6 Å². The van der Waals surface area contributed by atoms with E-state index < -0.39 is 0 Å². The third-order valence-corrected chi connectivity index (χ3v) is 4.81. The molecule has 0 aliphatic heterocycles. The monoisotopic (exact) mass is 386 g/mol. The largest absolute Gasteiger partial charge is 0.466 e. The zero-order valence-corrected chi connectivity index (χ0v) is 16.3. The number of hydrogen-bond acceptors (Lipinski definition) is 4. The number of hydrogen-bond donors (Lipinski definition) is 1. The highest BCUT2D eigenvalue weighted by atomic mass is 35.5. The standard InChI is InChI=1S/C21H23ClN2O3/c1-3-16-8-10-19-21(14-6-5-7-15(22)12-14)17(9-11-20(26)27-4-2)18(13-25)23-24(16)19/h5-8,10,12,25H,3-4,9,11,13H2,1-2H3. The van der Waals surface area contributed by atoms with Crippen molar-refractivity contribution >= 4 is 23.1 Å². The van der Waals surface area contributed by atoms with Gasteiger partial charge in [0.05, 0.1) is 24.4 Å². The molecule has 6 heteroatoms. The molecule has 0 unspecified atom stereocenters. The average molecular weight is 387 g/mol. The maximum Gasteiger partial charge on any atom is 0.306 e. The van der Waals surface area contributed by atoms with Crippen molar-refractivity contribution in [3.05, 3.63) is 58.4 Å². The molecule has 0 spiro atoms. The smallest absolute Gasteiger partial charge is 0.306 e. The lowest BCUT2D eigenvalue weighted by atomic mass is 9.95. The number of aryl methyl sites for hydroxylation is 1. The van der Waals surface area contributed by atoms with Gasteiger partial charge in [0.15, 0.2) is 0 Å². The Kier molecular flexibility index (Phi) is 6.14. The summed E-state index contributed by atoms with van der Waals surface area (Å²) in [5.74, 6) is -0.261. The van der Waals surface area contributed by atoms with E-state index in [-0.39, 0.29) is 19.0 Å². The van der Waals surface area contributed by atoms with E-state index in [1.165, 1.54) is 0 Å². The number of nitrogens with zero attached hydrogens (tertiary/aromatic N) is 2. The molecule has 5 nitrogen and oxygen atoms in total. The number of carbonyl (C=O) groups is 1. The normalized spacial score (nSPS) is 11.1. The van der Waals surface area contributed by atoms with Gasteiger partial charge in [-0.1, -0.05) is 30.7 Å². The molecule has 0 saturated carbocycles. The number of esters is 1. The first-order chi connectivity index (χ1) is 13.1. The molecule has 0 fully saturated rings. The van der Waals surface area contributed by atoms with Crippen molar-refractivity contribution in [1.82, 2.24) is 9.61 Å². The number of aliphatic hydroxyl groups excluding tert-OH is 1. The molecule has 0 radical (unpaired) electrons. The Hall–Kier alpha value is -2.37. The summed E-state index contributed by atoms with van der Waals surface area (Å²) in [4.78, 5) is 11.9. The lowest BCUT2D eigenvalue weighted by Crippen LogP contribution is -2.11. The molecule has 0 aliphatic carbocycles. The number of carbonyl (C=O) groups excluding carboxylic acids is 1. The Bertz CT molecular complexity index is 965. The van der Waals surface area contributed by atoms with Crippen molar-refractivity contribution in [1.29, 1.82) is 0 Å². The van der Waals surface area contributed by atoms with Gasteiger partial charge in [-0.2, -0.15) is 5.10 Å². The number of aromatic nitrogens is 2. The van der Waals surface area contributed by atoms with Crippen LogP contribution < -0.4 is 0 Å². The van der Waals surface area contributed by atoms with Crippen LogP contribution in [0.4, 0.5) is 0 Å². The van der Waals surface area contributed by atoms with E-state index in [0.29, 0.717) is 23.7 Å². The molecule has 0 amide bonds. The van der Waals surface area contributed by atoms with Gasteiger partial charge >= 0.3 is 5.97 Å². The van der Waals surface area contributed by atoms with E-state index in [0.717, 1.165) is 34.3 Å². The first-order valence-corrected chi connectivity index (χ1v) is 9.51. The van der Waals surface area contributed by atoms with Gasteiger partial charge in [-0.25, -0.2) is 4.52 Å². The van der Waals surface area contributed by atoms with Gasteiger partial charge < -0.3 is 9.84 Å². The van der Waals surface area contributed by atoms with Crippen LogP contribution in [-0.4, -0.2) is 27.3 Å². The Morgan fingerprint density at radius 1 is 1.26 bits per heavy atom. The van der Waals surface area contributed by atoms with Crippen LogP contribution in [0.2, 0.25) is 5.02 Å². The summed E-state index contributed by atoms with van der Waals surface area (Å²) >= 11 is 6.23. The van der Waals surface area contributed by atoms with Crippen LogP contribution in [0.3, 0.4) is 0 Å². The third-order valence-electron chi connectivity index (χ3n) is 4.57. The Labute approximate surface area is 163 Å². The SMILES string of the molecule is CCOC(=O)CCc1c(CO)nn2c(CC)ccc2c1-c1cccc(Cl)c1. The van der Waals surface area contributed by atoms with Gasteiger partial charge in [-0.15, -0.1) is 0 Å². The summed E-state index contributed by atoms with van der Waals surface area (Å²) in [5.41, 5.74) is 5.28.